The second kappa shape index (κ2) is 9.37. The summed E-state index contributed by atoms with van der Waals surface area (Å²) in [6.07, 6.45) is 0.743. The molecule has 3 aromatic carbocycles. The van der Waals surface area contributed by atoms with Gasteiger partial charge in [0.15, 0.2) is 5.13 Å². The number of aryl methyl sites for hydroxylation is 1. The summed E-state index contributed by atoms with van der Waals surface area (Å²) in [5.74, 6) is 0. The van der Waals surface area contributed by atoms with E-state index in [-0.39, 0.29) is 16.1 Å². The summed E-state index contributed by atoms with van der Waals surface area (Å²) in [4.78, 5) is 16.7. The Hall–Kier alpha value is -3.43. The zero-order valence-electron chi connectivity index (χ0n) is 17.3. The van der Waals surface area contributed by atoms with Gasteiger partial charge in [0.2, 0.25) is 0 Å². The normalized spacial score (nSPS) is 11.3. The van der Waals surface area contributed by atoms with Crippen LogP contribution >= 0.6 is 11.3 Å². The van der Waals surface area contributed by atoms with E-state index in [4.69, 9.17) is 0 Å². The van der Waals surface area contributed by atoms with Crippen molar-refractivity contribution in [1.29, 1.82) is 0 Å². The van der Waals surface area contributed by atoms with Gasteiger partial charge in [-0.3, -0.25) is 4.72 Å². The molecule has 2 amide bonds. The molecular weight excluding hydrogens is 444 g/mol. The van der Waals surface area contributed by atoms with Crippen molar-refractivity contribution in [1.82, 2.24) is 10.3 Å². The zero-order valence-corrected chi connectivity index (χ0v) is 19.0. The van der Waals surface area contributed by atoms with Crippen LogP contribution in [0.1, 0.15) is 11.1 Å². The summed E-state index contributed by atoms with van der Waals surface area (Å²) < 4.78 is 28.5. The summed E-state index contributed by atoms with van der Waals surface area (Å²) in [5.41, 5.74) is 3.38. The number of aromatic nitrogens is 1. The molecule has 32 heavy (non-hydrogen) atoms. The maximum atomic E-state index is 12.6. The van der Waals surface area contributed by atoms with Gasteiger partial charge < -0.3 is 10.6 Å². The molecule has 0 fully saturated rings. The first kappa shape index (κ1) is 21.8. The Morgan fingerprint density at radius 3 is 2.50 bits per heavy atom. The molecule has 1 aromatic heterocycles. The Morgan fingerprint density at radius 1 is 1.00 bits per heavy atom. The average molecular weight is 467 g/mol. The van der Waals surface area contributed by atoms with Crippen molar-refractivity contribution in [3.05, 3.63) is 83.9 Å². The number of nitrogens with zero attached hydrogens (tertiary/aromatic N) is 1. The fourth-order valence-corrected chi connectivity index (χ4v) is 5.22. The van der Waals surface area contributed by atoms with Crippen LogP contribution in [0, 0.1) is 6.92 Å². The molecule has 0 unspecified atom stereocenters. The molecule has 7 nitrogen and oxygen atoms in total. The van der Waals surface area contributed by atoms with Crippen LogP contribution in [0.2, 0.25) is 0 Å². The van der Waals surface area contributed by atoms with E-state index < -0.39 is 10.0 Å². The lowest BCUT2D eigenvalue weighted by molar-refractivity contribution is 0.252. The van der Waals surface area contributed by atoms with Crippen LogP contribution in [0.4, 0.5) is 15.6 Å². The van der Waals surface area contributed by atoms with Crippen LogP contribution in [-0.4, -0.2) is 26.0 Å². The van der Waals surface area contributed by atoms with Gasteiger partial charge in [0.05, 0.1) is 15.1 Å². The Balaban J connectivity index is 1.39. The molecule has 0 aliphatic carbocycles. The van der Waals surface area contributed by atoms with Crippen LogP contribution < -0.4 is 15.4 Å². The highest BCUT2D eigenvalue weighted by molar-refractivity contribution is 7.93. The van der Waals surface area contributed by atoms with Crippen LogP contribution in [0.25, 0.3) is 10.2 Å². The average Bonchev–Trinajstić information content (AvgIpc) is 3.15. The minimum Gasteiger partial charge on any atom is -0.338 e. The predicted octanol–water partition coefficient (Wildman–Crippen LogP) is 4.77. The minimum atomic E-state index is -3.72. The monoisotopic (exact) mass is 466 g/mol. The molecule has 0 saturated carbocycles. The summed E-state index contributed by atoms with van der Waals surface area (Å²) in [7, 11) is -3.72. The number of carbonyl (C=O) groups excluding carboxylic acids is 1. The zero-order chi connectivity index (χ0) is 22.6. The molecule has 164 valence electrons. The Kier molecular flexibility index (Phi) is 6.38. The number of amides is 2. The Labute approximate surface area is 190 Å². The molecule has 4 rings (SSSR count). The number of nitrogens with one attached hydrogen (secondary N) is 3. The third kappa shape index (κ3) is 5.43. The van der Waals surface area contributed by atoms with Crippen molar-refractivity contribution in [2.24, 2.45) is 0 Å². The van der Waals surface area contributed by atoms with E-state index in [1.165, 1.54) is 11.3 Å². The van der Waals surface area contributed by atoms with Gasteiger partial charge in [-0.2, -0.15) is 0 Å². The van der Waals surface area contributed by atoms with E-state index in [1.54, 1.807) is 42.5 Å². The molecule has 9 heteroatoms. The number of thiazole rings is 1. The lowest BCUT2D eigenvalue weighted by Gasteiger charge is -2.07. The van der Waals surface area contributed by atoms with E-state index in [0.29, 0.717) is 17.7 Å². The third-order valence-electron chi connectivity index (χ3n) is 4.74. The SMILES string of the molecule is Cc1ccc(S(=O)(=O)Nc2nc3ccc(NC(=O)NCCc4ccccc4)cc3s2)cc1. The first-order valence-electron chi connectivity index (χ1n) is 9.98. The number of rotatable bonds is 7. The van der Waals surface area contributed by atoms with Crippen molar-refractivity contribution in [2.45, 2.75) is 18.2 Å². The van der Waals surface area contributed by atoms with Crippen LogP contribution in [0.5, 0.6) is 0 Å². The molecule has 0 atom stereocenters. The fourth-order valence-electron chi connectivity index (χ4n) is 3.08. The number of fused-ring (bicyclic) bond motifs is 1. The van der Waals surface area contributed by atoms with Crippen LogP contribution in [0.3, 0.4) is 0 Å². The van der Waals surface area contributed by atoms with Crippen molar-refractivity contribution >= 4 is 48.4 Å². The van der Waals surface area contributed by atoms with Crippen molar-refractivity contribution < 1.29 is 13.2 Å². The first-order valence-corrected chi connectivity index (χ1v) is 12.3. The molecule has 1 heterocycles. The van der Waals surface area contributed by atoms with Gasteiger partial charge in [-0.05, 0) is 49.2 Å². The minimum absolute atomic E-state index is 0.178. The highest BCUT2D eigenvalue weighted by Gasteiger charge is 2.16. The van der Waals surface area contributed by atoms with E-state index >= 15 is 0 Å². The second-order valence-electron chi connectivity index (χ2n) is 7.24. The lowest BCUT2D eigenvalue weighted by atomic mass is 10.1. The van der Waals surface area contributed by atoms with Gasteiger partial charge in [0.1, 0.15) is 0 Å². The van der Waals surface area contributed by atoms with Gasteiger partial charge >= 0.3 is 6.03 Å². The number of hydrogen-bond acceptors (Lipinski definition) is 5. The number of benzene rings is 3. The molecule has 0 spiro atoms. The van der Waals surface area contributed by atoms with Crippen molar-refractivity contribution in [2.75, 3.05) is 16.6 Å². The second-order valence-corrected chi connectivity index (χ2v) is 9.95. The molecule has 3 N–H and O–H groups in total. The quantitative estimate of drug-likeness (QED) is 0.365. The molecule has 0 aliphatic rings. The number of anilines is 2. The van der Waals surface area contributed by atoms with E-state index in [2.05, 4.69) is 20.3 Å². The molecular formula is C23H22N4O3S2. The Morgan fingerprint density at radius 2 is 1.75 bits per heavy atom. The Bertz CT molecular complexity index is 1330. The lowest BCUT2D eigenvalue weighted by Crippen LogP contribution is -2.30. The highest BCUT2D eigenvalue weighted by atomic mass is 32.2. The van der Waals surface area contributed by atoms with Gasteiger partial charge in [-0.15, -0.1) is 0 Å². The smallest absolute Gasteiger partial charge is 0.319 e. The summed E-state index contributed by atoms with van der Waals surface area (Å²) >= 11 is 1.21. The van der Waals surface area contributed by atoms with Crippen LogP contribution in [-0.2, 0) is 16.4 Å². The third-order valence-corrected chi connectivity index (χ3v) is 7.16. The van der Waals surface area contributed by atoms with Gasteiger partial charge in [-0.1, -0.05) is 59.4 Å². The summed E-state index contributed by atoms with van der Waals surface area (Å²) in [6.45, 7) is 2.41. The van der Waals surface area contributed by atoms with E-state index in [1.807, 2.05) is 37.3 Å². The molecule has 0 bridgehead atoms. The molecule has 4 aromatic rings. The number of hydrogen-bond donors (Lipinski definition) is 3. The van der Waals surface area contributed by atoms with E-state index in [0.717, 1.165) is 22.2 Å². The van der Waals surface area contributed by atoms with Crippen molar-refractivity contribution in [3.8, 4) is 0 Å². The fraction of sp³-hybridized carbons (Fsp3) is 0.130. The summed E-state index contributed by atoms with van der Waals surface area (Å²) in [6, 6.07) is 21.5. The van der Waals surface area contributed by atoms with Crippen molar-refractivity contribution in [3.63, 3.8) is 0 Å². The van der Waals surface area contributed by atoms with Crippen LogP contribution in [0.15, 0.2) is 77.7 Å². The van der Waals surface area contributed by atoms with Gasteiger partial charge in [-0.25, -0.2) is 18.2 Å². The largest absolute Gasteiger partial charge is 0.338 e. The number of carbonyl (C=O) groups is 1. The molecule has 0 aliphatic heterocycles. The first-order chi connectivity index (χ1) is 15.4. The number of sulfonamides is 1. The maximum Gasteiger partial charge on any atom is 0.319 e. The van der Waals surface area contributed by atoms with Gasteiger partial charge in [0, 0.05) is 12.2 Å². The number of urea groups is 1. The van der Waals surface area contributed by atoms with Gasteiger partial charge in [0.25, 0.3) is 10.0 Å². The highest BCUT2D eigenvalue weighted by Crippen LogP contribution is 2.30. The topological polar surface area (TPSA) is 100 Å². The maximum absolute atomic E-state index is 12.6. The molecule has 0 radical (unpaired) electrons. The predicted molar refractivity (Wildman–Crippen MR) is 129 cm³/mol. The molecule has 0 saturated heterocycles. The standard InChI is InChI=1S/C23H22N4O3S2/c1-16-7-10-19(11-8-16)32(29,30)27-23-26-20-12-9-18(15-21(20)31-23)25-22(28)24-14-13-17-5-3-2-4-6-17/h2-12,15H,13-14H2,1H3,(H,26,27)(H2,24,25,28). The van der Waals surface area contributed by atoms with E-state index in [9.17, 15) is 13.2 Å². The summed E-state index contributed by atoms with van der Waals surface area (Å²) in [5, 5.41) is 5.90.